The largest absolute Gasteiger partial charge is 0.368 e. The molecule has 0 saturated carbocycles. The first-order valence-electron chi connectivity index (χ1n) is 7.88. The van der Waals surface area contributed by atoms with E-state index in [9.17, 15) is 4.79 Å². The van der Waals surface area contributed by atoms with Crippen molar-refractivity contribution in [3.63, 3.8) is 0 Å². The number of morpholine rings is 1. The van der Waals surface area contributed by atoms with Gasteiger partial charge in [-0.2, -0.15) is 0 Å². The monoisotopic (exact) mass is 327 g/mol. The second-order valence-electron chi connectivity index (χ2n) is 5.97. The van der Waals surface area contributed by atoms with E-state index in [4.69, 9.17) is 4.74 Å². The molecule has 24 heavy (non-hydrogen) atoms. The van der Waals surface area contributed by atoms with Crippen molar-refractivity contribution in [1.29, 1.82) is 0 Å². The molecule has 0 spiro atoms. The first-order valence-corrected chi connectivity index (χ1v) is 7.88. The maximum Gasteiger partial charge on any atom is 0.274 e. The number of carbonyl (C=O) groups excluding carboxylic acids is 1. The fourth-order valence-electron chi connectivity index (χ4n) is 2.55. The third-order valence-electron chi connectivity index (χ3n) is 3.90. The number of amides is 1. The summed E-state index contributed by atoms with van der Waals surface area (Å²) in [7, 11) is 3.89. The molecule has 1 fully saturated rings. The van der Waals surface area contributed by atoms with E-state index in [1.807, 2.05) is 44.1 Å². The summed E-state index contributed by atoms with van der Waals surface area (Å²) >= 11 is 0. The summed E-state index contributed by atoms with van der Waals surface area (Å²) in [6.07, 6.45) is 2.89. The van der Waals surface area contributed by atoms with Crippen molar-refractivity contribution < 1.29 is 9.53 Å². The highest BCUT2D eigenvalue weighted by Crippen LogP contribution is 2.23. The van der Waals surface area contributed by atoms with Crippen molar-refractivity contribution in [3.05, 3.63) is 47.7 Å². The quantitative estimate of drug-likeness (QED) is 0.850. The number of nitrogens with zero attached hydrogens (tertiary/aromatic N) is 5. The van der Waals surface area contributed by atoms with Crippen molar-refractivity contribution in [2.45, 2.75) is 13.0 Å². The van der Waals surface area contributed by atoms with Gasteiger partial charge < -0.3 is 14.5 Å². The van der Waals surface area contributed by atoms with Gasteiger partial charge in [-0.05, 0) is 19.1 Å². The van der Waals surface area contributed by atoms with Gasteiger partial charge in [0, 0.05) is 26.8 Å². The van der Waals surface area contributed by atoms with Gasteiger partial charge in [0.2, 0.25) is 0 Å². The van der Waals surface area contributed by atoms with E-state index in [1.54, 1.807) is 11.1 Å². The molecule has 0 N–H and O–H groups in total. The van der Waals surface area contributed by atoms with Gasteiger partial charge >= 0.3 is 0 Å². The van der Waals surface area contributed by atoms with E-state index in [0.717, 1.165) is 17.2 Å². The molecule has 3 heterocycles. The lowest BCUT2D eigenvalue weighted by Crippen LogP contribution is -2.42. The average Bonchev–Trinajstić information content (AvgIpc) is 2.62. The lowest BCUT2D eigenvalue weighted by Gasteiger charge is -2.32. The molecule has 1 amide bonds. The van der Waals surface area contributed by atoms with Crippen molar-refractivity contribution in [1.82, 2.24) is 19.9 Å². The maximum atomic E-state index is 12.6. The normalized spacial score (nSPS) is 17.6. The summed E-state index contributed by atoms with van der Waals surface area (Å²) in [5.74, 6) is 0.739. The second-order valence-corrected chi connectivity index (χ2v) is 5.97. The third kappa shape index (κ3) is 3.51. The maximum absolute atomic E-state index is 12.6. The molecule has 1 atom stereocenters. The van der Waals surface area contributed by atoms with Gasteiger partial charge in [-0.3, -0.25) is 9.78 Å². The molecule has 2 aromatic heterocycles. The number of carbonyl (C=O) groups is 1. The molecule has 0 unspecified atom stereocenters. The summed E-state index contributed by atoms with van der Waals surface area (Å²) in [4.78, 5) is 29.2. The minimum atomic E-state index is -0.235. The number of hydrogen-bond acceptors (Lipinski definition) is 6. The standard InChI is InChI=1S/C17H21N5O2/c1-12-9-19-14(10-18-12)17(23)22-7-8-24-15(11-22)13-5-4-6-16(20-13)21(2)3/h4-6,9-10,15H,7-8,11H2,1-3H3/t15-/m1/s1. The van der Waals surface area contributed by atoms with Crippen LogP contribution in [0.4, 0.5) is 5.82 Å². The van der Waals surface area contributed by atoms with E-state index in [2.05, 4.69) is 15.0 Å². The molecule has 3 rings (SSSR count). The predicted octanol–water partition coefficient (Wildman–Crippen LogP) is 1.46. The molecule has 7 heteroatoms. The lowest BCUT2D eigenvalue weighted by molar-refractivity contribution is -0.0248. The van der Waals surface area contributed by atoms with Gasteiger partial charge in [0.1, 0.15) is 17.6 Å². The third-order valence-corrected chi connectivity index (χ3v) is 3.90. The Bertz CT molecular complexity index is 717. The van der Waals surface area contributed by atoms with Gasteiger partial charge in [-0.25, -0.2) is 9.97 Å². The number of rotatable bonds is 3. The summed E-state index contributed by atoms with van der Waals surface area (Å²) in [6, 6.07) is 5.82. The zero-order valence-electron chi connectivity index (χ0n) is 14.1. The minimum Gasteiger partial charge on any atom is -0.368 e. The molecule has 0 aliphatic carbocycles. The van der Waals surface area contributed by atoms with Crippen LogP contribution in [0, 0.1) is 6.92 Å². The fraction of sp³-hybridized carbons (Fsp3) is 0.412. The molecule has 126 valence electrons. The van der Waals surface area contributed by atoms with Crippen LogP contribution in [0.15, 0.2) is 30.6 Å². The summed E-state index contributed by atoms with van der Waals surface area (Å²) in [6.45, 7) is 3.32. The van der Waals surface area contributed by atoms with Gasteiger partial charge in [0.05, 0.1) is 30.7 Å². The number of pyridine rings is 1. The Hall–Kier alpha value is -2.54. The van der Waals surface area contributed by atoms with E-state index in [-0.39, 0.29) is 12.0 Å². The van der Waals surface area contributed by atoms with E-state index in [0.29, 0.717) is 25.4 Å². The minimum absolute atomic E-state index is 0.125. The van der Waals surface area contributed by atoms with E-state index in [1.165, 1.54) is 6.20 Å². The predicted molar refractivity (Wildman–Crippen MR) is 89.9 cm³/mol. The van der Waals surface area contributed by atoms with Crippen molar-refractivity contribution in [3.8, 4) is 0 Å². The highest BCUT2D eigenvalue weighted by Gasteiger charge is 2.27. The van der Waals surface area contributed by atoms with Crippen LogP contribution in [0.2, 0.25) is 0 Å². The van der Waals surface area contributed by atoms with Crippen LogP contribution in [-0.4, -0.2) is 59.6 Å². The second kappa shape index (κ2) is 6.92. The Morgan fingerprint density at radius 1 is 1.29 bits per heavy atom. The molecule has 1 aliphatic heterocycles. The average molecular weight is 327 g/mol. The summed E-state index contributed by atoms with van der Waals surface area (Å²) in [5, 5.41) is 0. The SMILES string of the molecule is Cc1cnc(C(=O)N2CCO[C@@H](c3cccc(N(C)C)n3)C2)cn1. The molecule has 1 saturated heterocycles. The van der Waals surface area contributed by atoms with Crippen LogP contribution >= 0.6 is 0 Å². The van der Waals surface area contributed by atoms with Crippen LogP contribution in [0.25, 0.3) is 0 Å². The smallest absolute Gasteiger partial charge is 0.274 e. The number of aromatic nitrogens is 3. The zero-order chi connectivity index (χ0) is 17.1. The molecule has 0 aromatic carbocycles. The summed E-state index contributed by atoms with van der Waals surface area (Å²) < 4.78 is 5.82. The van der Waals surface area contributed by atoms with Gasteiger partial charge in [0.25, 0.3) is 5.91 Å². The van der Waals surface area contributed by atoms with Gasteiger partial charge in [-0.1, -0.05) is 6.07 Å². The van der Waals surface area contributed by atoms with Gasteiger partial charge in [-0.15, -0.1) is 0 Å². The van der Waals surface area contributed by atoms with Crippen LogP contribution in [0.5, 0.6) is 0 Å². The first kappa shape index (κ1) is 16.3. The summed E-state index contributed by atoms with van der Waals surface area (Å²) in [5.41, 5.74) is 1.97. The molecular formula is C17H21N5O2. The molecule has 1 aliphatic rings. The molecular weight excluding hydrogens is 306 g/mol. The van der Waals surface area contributed by atoms with Crippen LogP contribution in [0.1, 0.15) is 28.0 Å². The number of aryl methyl sites for hydroxylation is 1. The Kier molecular flexibility index (Phi) is 4.71. The van der Waals surface area contributed by atoms with Crippen molar-refractivity contribution >= 4 is 11.7 Å². The van der Waals surface area contributed by atoms with Crippen molar-refractivity contribution in [2.24, 2.45) is 0 Å². The highest BCUT2D eigenvalue weighted by atomic mass is 16.5. The Labute approximate surface area is 141 Å². The topological polar surface area (TPSA) is 71.5 Å². The van der Waals surface area contributed by atoms with Crippen LogP contribution in [0.3, 0.4) is 0 Å². The number of ether oxygens (including phenoxy) is 1. The number of hydrogen-bond donors (Lipinski definition) is 0. The molecule has 2 aromatic rings. The fourth-order valence-corrected chi connectivity index (χ4v) is 2.55. The Morgan fingerprint density at radius 2 is 2.12 bits per heavy atom. The lowest BCUT2D eigenvalue weighted by atomic mass is 10.1. The first-order chi connectivity index (χ1) is 11.5. The zero-order valence-corrected chi connectivity index (χ0v) is 14.1. The number of anilines is 1. The van der Waals surface area contributed by atoms with Crippen LogP contribution in [-0.2, 0) is 4.74 Å². The van der Waals surface area contributed by atoms with E-state index < -0.39 is 0 Å². The highest BCUT2D eigenvalue weighted by molar-refractivity contribution is 5.92. The van der Waals surface area contributed by atoms with Gasteiger partial charge in [0.15, 0.2) is 0 Å². The van der Waals surface area contributed by atoms with E-state index >= 15 is 0 Å². The van der Waals surface area contributed by atoms with Crippen molar-refractivity contribution in [2.75, 3.05) is 38.7 Å². The Balaban J connectivity index is 1.75. The molecule has 0 bridgehead atoms. The molecule has 7 nitrogen and oxygen atoms in total. The molecule has 0 radical (unpaired) electrons. The van der Waals surface area contributed by atoms with Crippen LogP contribution < -0.4 is 4.90 Å². The Morgan fingerprint density at radius 3 is 2.83 bits per heavy atom.